The quantitative estimate of drug-likeness (QED) is 0.237. The van der Waals surface area contributed by atoms with Crippen LogP contribution in [0.25, 0.3) is 5.65 Å². The molecule has 0 aliphatic carbocycles. The number of fused-ring (bicyclic) bond motifs is 1. The van der Waals surface area contributed by atoms with Gasteiger partial charge in [0.2, 0.25) is 0 Å². The lowest BCUT2D eigenvalue weighted by Gasteiger charge is -2.38. The molecular formula is C23H29ClN4O9P2. The molecule has 2 fully saturated rings. The van der Waals surface area contributed by atoms with Crippen LogP contribution in [0.2, 0.25) is 5.15 Å². The largest absolute Gasteiger partial charge is 0.387 e. The van der Waals surface area contributed by atoms with Crippen molar-refractivity contribution in [1.29, 1.82) is 0 Å². The Kier molecular flexibility index (Phi) is 7.95. The Morgan fingerprint density at radius 3 is 2.64 bits per heavy atom. The van der Waals surface area contributed by atoms with E-state index in [4.69, 9.17) is 30.6 Å². The van der Waals surface area contributed by atoms with Gasteiger partial charge in [-0.2, -0.15) is 5.10 Å². The molecule has 39 heavy (non-hydrogen) atoms. The number of ether oxygens (including phenoxy) is 1. The Morgan fingerprint density at radius 1 is 1.18 bits per heavy atom. The van der Waals surface area contributed by atoms with Gasteiger partial charge in [0.1, 0.15) is 12.2 Å². The highest BCUT2D eigenvalue weighted by molar-refractivity contribution is 7.70. The Hall–Kier alpha value is -1.89. The van der Waals surface area contributed by atoms with E-state index < -0.39 is 52.1 Å². The van der Waals surface area contributed by atoms with Crippen molar-refractivity contribution in [2.75, 3.05) is 30.6 Å². The van der Waals surface area contributed by atoms with Gasteiger partial charge in [0.25, 0.3) is 0 Å². The molecule has 5 atom stereocenters. The van der Waals surface area contributed by atoms with Crippen molar-refractivity contribution in [3.05, 3.63) is 59.0 Å². The number of hydrogen-bond acceptors (Lipinski definition) is 9. The molecule has 0 radical (unpaired) electrons. The molecule has 4 heterocycles. The molecule has 3 aromatic rings. The highest BCUT2D eigenvalue weighted by atomic mass is 35.5. The highest BCUT2D eigenvalue weighted by Gasteiger charge is 2.52. The summed E-state index contributed by atoms with van der Waals surface area (Å²) in [6.45, 7) is -0.368. The molecule has 5 rings (SSSR count). The summed E-state index contributed by atoms with van der Waals surface area (Å²) < 4.78 is 34.7. The third-order valence-corrected chi connectivity index (χ3v) is 10.7. The predicted molar refractivity (Wildman–Crippen MR) is 141 cm³/mol. The number of rotatable bonds is 8. The average Bonchev–Trinajstić information content (AvgIpc) is 3.43. The second-order valence-corrected chi connectivity index (χ2v) is 14.2. The zero-order valence-corrected chi connectivity index (χ0v) is 23.2. The van der Waals surface area contributed by atoms with Crippen molar-refractivity contribution in [2.24, 2.45) is 0 Å². The summed E-state index contributed by atoms with van der Waals surface area (Å²) in [7, 11) is -9.51. The van der Waals surface area contributed by atoms with E-state index in [1.807, 2.05) is 18.2 Å². The number of piperidine rings is 1. The summed E-state index contributed by atoms with van der Waals surface area (Å²) >= 11 is 6.43. The fourth-order valence-electron chi connectivity index (χ4n) is 5.22. The molecule has 2 aliphatic heterocycles. The number of nitrogens with zero attached hydrogens (tertiary/aromatic N) is 4. The first-order valence-electron chi connectivity index (χ1n) is 12.3. The van der Waals surface area contributed by atoms with Crippen LogP contribution in [0.4, 0.5) is 5.69 Å². The topological polar surface area (TPSA) is 187 Å². The number of halogens is 1. The monoisotopic (exact) mass is 602 g/mol. The van der Waals surface area contributed by atoms with Gasteiger partial charge < -0.3 is 39.1 Å². The maximum atomic E-state index is 12.0. The van der Waals surface area contributed by atoms with E-state index in [-0.39, 0.29) is 16.9 Å². The van der Waals surface area contributed by atoms with E-state index in [2.05, 4.69) is 27.1 Å². The maximum Gasteiger partial charge on any atom is 0.340 e. The van der Waals surface area contributed by atoms with E-state index in [9.17, 15) is 24.2 Å². The van der Waals surface area contributed by atoms with Gasteiger partial charge in [0.15, 0.2) is 22.3 Å². The lowest BCUT2D eigenvalue weighted by atomic mass is 9.93. The zero-order chi connectivity index (χ0) is 28.0. The molecule has 2 aliphatic rings. The van der Waals surface area contributed by atoms with E-state index >= 15 is 0 Å². The van der Waals surface area contributed by atoms with Crippen molar-refractivity contribution in [1.82, 2.24) is 14.6 Å². The van der Waals surface area contributed by atoms with Gasteiger partial charge in [-0.1, -0.05) is 41.9 Å². The molecule has 0 spiro atoms. The van der Waals surface area contributed by atoms with Crippen molar-refractivity contribution in [3.8, 4) is 0 Å². The minimum Gasteiger partial charge on any atom is -0.387 e. The number of aliphatic hydroxyl groups excluding tert-OH is 1. The lowest BCUT2D eigenvalue weighted by Crippen LogP contribution is -2.43. The van der Waals surface area contributed by atoms with Gasteiger partial charge in [0, 0.05) is 12.6 Å². The molecule has 2 aromatic heterocycles. The number of aromatic nitrogens is 3. The molecule has 0 amide bonds. The number of aliphatic hydroxyl groups is 2. The maximum absolute atomic E-state index is 12.0. The summed E-state index contributed by atoms with van der Waals surface area (Å²) in [6.07, 6.45) is 1.40. The van der Waals surface area contributed by atoms with Crippen molar-refractivity contribution in [2.45, 2.75) is 43.1 Å². The van der Waals surface area contributed by atoms with Crippen LogP contribution in [-0.2, 0) is 24.0 Å². The Balaban J connectivity index is 1.44. The molecule has 1 aromatic carbocycles. The van der Waals surface area contributed by atoms with Crippen LogP contribution in [-0.4, -0.2) is 77.4 Å². The Bertz CT molecular complexity index is 1440. The summed E-state index contributed by atoms with van der Waals surface area (Å²) in [6, 6.07) is 11.9. The van der Waals surface area contributed by atoms with Crippen molar-refractivity contribution in [3.63, 3.8) is 0 Å². The van der Waals surface area contributed by atoms with Crippen LogP contribution in [0.5, 0.6) is 0 Å². The van der Waals surface area contributed by atoms with Crippen LogP contribution in [0, 0.1) is 0 Å². The molecule has 13 nitrogen and oxygen atoms in total. The van der Waals surface area contributed by atoms with Crippen LogP contribution >= 0.6 is 26.8 Å². The van der Waals surface area contributed by atoms with E-state index in [1.165, 1.54) is 10.7 Å². The van der Waals surface area contributed by atoms with Crippen LogP contribution in [0.3, 0.4) is 0 Å². The Morgan fingerprint density at radius 2 is 1.92 bits per heavy atom. The van der Waals surface area contributed by atoms with Gasteiger partial charge in [-0.15, -0.1) is 0 Å². The first-order chi connectivity index (χ1) is 18.4. The SMILES string of the molecule is O=P(O)(O)CP(=O)(O)OC[C@H]1OC[C@](O)(c2cnc3c(N4CCCC[C@H]4c4ccccc4)cc(Cl)nn23)[C@@H]1O. The number of imidazole rings is 1. The summed E-state index contributed by atoms with van der Waals surface area (Å²) in [5.41, 5.74) is 0.332. The second kappa shape index (κ2) is 10.8. The number of anilines is 1. The normalized spacial score (nSPS) is 27.6. The molecule has 0 bridgehead atoms. The van der Waals surface area contributed by atoms with Crippen LogP contribution in [0.1, 0.15) is 36.6 Å². The first-order valence-corrected chi connectivity index (χ1v) is 16.2. The third-order valence-electron chi connectivity index (χ3n) is 7.02. The smallest absolute Gasteiger partial charge is 0.340 e. The van der Waals surface area contributed by atoms with E-state index in [0.717, 1.165) is 31.4 Å². The molecular weight excluding hydrogens is 574 g/mol. The summed E-state index contributed by atoms with van der Waals surface area (Å²) in [4.78, 5) is 34.4. The van der Waals surface area contributed by atoms with Crippen molar-refractivity contribution < 1.29 is 43.3 Å². The third kappa shape index (κ3) is 5.94. The molecule has 2 saturated heterocycles. The number of benzene rings is 1. The minimum absolute atomic E-state index is 0.0784. The molecule has 1 unspecified atom stereocenters. The summed E-state index contributed by atoms with van der Waals surface area (Å²) in [5, 5.41) is 26.9. The van der Waals surface area contributed by atoms with E-state index in [1.54, 1.807) is 6.07 Å². The van der Waals surface area contributed by atoms with Gasteiger partial charge in [0.05, 0.1) is 36.8 Å². The van der Waals surface area contributed by atoms with Crippen LogP contribution in [0.15, 0.2) is 42.6 Å². The van der Waals surface area contributed by atoms with E-state index in [0.29, 0.717) is 11.3 Å². The standard InChI is InChI=1S/C23H29ClN4O9P2/c24-20-10-17(27-9-5-4-8-16(27)15-6-2-1-3-7-15)22-25-11-19(28(22)26-20)23(30)13-36-18(21(23)29)12-37-39(34,35)14-38(31,32)33/h1-3,6-7,10-11,16,18,21,29-30H,4-5,8-9,12-14H2,(H,34,35)(H2,31,32,33)/t16-,18+,21+,23-/m0/s1. The van der Waals surface area contributed by atoms with Crippen LogP contribution < -0.4 is 4.90 Å². The molecule has 5 N–H and O–H groups in total. The summed E-state index contributed by atoms with van der Waals surface area (Å²) in [5.74, 6) is -1.38. The minimum atomic E-state index is -4.83. The molecule has 16 heteroatoms. The van der Waals surface area contributed by atoms with Gasteiger partial charge in [-0.05, 0) is 24.8 Å². The molecule has 0 saturated carbocycles. The highest BCUT2D eigenvalue weighted by Crippen LogP contribution is 2.55. The lowest BCUT2D eigenvalue weighted by molar-refractivity contribution is -0.0624. The van der Waals surface area contributed by atoms with Gasteiger partial charge in [-0.25, -0.2) is 9.50 Å². The Labute approximate surface area is 228 Å². The molecule has 212 valence electrons. The fourth-order valence-corrected chi connectivity index (χ4v) is 7.97. The predicted octanol–water partition coefficient (Wildman–Crippen LogP) is 2.40. The zero-order valence-electron chi connectivity index (χ0n) is 20.7. The van der Waals surface area contributed by atoms with Gasteiger partial charge >= 0.3 is 15.2 Å². The first kappa shape index (κ1) is 28.6. The fraction of sp³-hybridized carbons (Fsp3) is 0.478. The van der Waals surface area contributed by atoms with Gasteiger partial charge in [-0.3, -0.25) is 9.13 Å². The van der Waals surface area contributed by atoms with Crippen molar-refractivity contribution >= 4 is 38.1 Å². The second-order valence-electron chi connectivity index (χ2n) is 9.80. The average molecular weight is 603 g/mol. The number of hydrogen-bond donors (Lipinski definition) is 5.